The number of benzene rings is 2. The average molecular weight is 407 g/mol. The van der Waals surface area contributed by atoms with Crippen LogP contribution in [0.1, 0.15) is 43.2 Å². The molecule has 0 spiro atoms. The smallest absolute Gasteiger partial charge is 0.0484 e. The standard InChI is InChI=1S/C23H30N2.2ClH/c1-4-10-21(11-5-1)20-24-18-14-23(15-19-24,22-12-6-2-7-13-22)25-16-8-3-9-17-25;;/h1-2,4-7,10-13H,3,8-9,14-20H2;2*1H. The predicted octanol–water partition coefficient (Wildman–Crippen LogP) is 5.51. The van der Waals surface area contributed by atoms with Crippen molar-refractivity contribution in [3.63, 3.8) is 0 Å². The lowest BCUT2D eigenvalue weighted by Gasteiger charge is -2.50. The van der Waals surface area contributed by atoms with E-state index in [0.29, 0.717) is 0 Å². The monoisotopic (exact) mass is 406 g/mol. The van der Waals surface area contributed by atoms with E-state index in [0.717, 1.165) is 6.54 Å². The molecular formula is C23H32Cl2N2. The highest BCUT2D eigenvalue weighted by molar-refractivity contribution is 5.85. The van der Waals surface area contributed by atoms with E-state index in [1.165, 1.54) is 69.4 Å². The van der Waals surface area contributed by atoms with Gasteiger partial charge in [0.2, 0.25) is 0 Å². The van der Waals surface area contributed by atoms with Gasteiger partial charge in [0.05, 0.1) is 0 Å². The van der Waals surface area contributed by atoms with Crippen LogP contribution in [0.4, 0.5) is 0 Å². The number of hydrogen-bond acceptors (Lipinski definition) is 2. The zero-order valence-corrected chi connectivity index (χ0v) is 17.7. The Kier molecular flexibility index (Phi) is 8.62. The number of rotatable bonds is 4. The van der Waals surface area contributed by atoms with Crippen LogP contribution in [0.15, 0.2) is 60.7 Å². The second-order valence-corrected chi connectivity index (χ2v) is 7.71. The molecule has 2 aromatic carbocycles. The highest BCUT2D eigenvalue weighted by Gasteiger charge is 2.41. The summed E-state index contributed by atoms with van der Waals surface area (Å²) < 4.78 is 0. The fourth-order valence-electron chi connectivity index (χ4n) is 4.78. The van der Waals surface area contributed by atoms with Crippen molar-refractivity contribution in [3.8, 4) is 0 Å². The van der Waals surface area contributed by atoms with Crippen molar-refractivity contribution in [2.24, 2.45) is 0 Å². The van der Waals surface area contributed by atoms with E-state index in [9.17, 15) is 0 Å². The number of hydrogen-bond donors (Lipinski definition) is 0. The Morgan fingerprint density at radius 1 is 0.667 bits per heavy atom. The van der Waals surface area contributed by atoms with E-state index in [-0.39, 0.29) is 30.4 Å². The van der Waals surface area contributed by atoms with Crippen molar-refractivity contribution >= 4 is 24.8 Å². The van der Waals surface area contributed by atoms with Gasteiger partial charge < -0.3 is 0 Å². The van der Waals surface area contributed by atoms with Crippen molar-refractivity contribution in [1.82, 2.24) is 9.80 Å². The second kappa shape index (κ2) is 10.5. The Morgan fingerprint density at radius 2 is 1.22 bits per heavy atom. The Labute approximate surface area is 176 Å². The molecule has 0 N–H and O–H groups in total. The Morgan fingerprint density at radius 3 is 1.81 bits per heavy atom. The third-order valence-electron chi connectivity index (χ3n) is 6.20. The molecule has 4 heteroatoms. The van der Waals surface area contributed by atoms with Crippen LogP contribution in [-0.4, -0.2) is 36.0 Å². The molecule has 4 rings (SSSR count). The first-order valence-corrected chi connectivity index (χ1v) is 9.94. The van der Waals surface area contributed by atoms with Crippen molar-refractivity contribution < 1.29 is 0 Å². The molecule has 27 heavy (non-hydrogen) atoms. The van der Waals surface area contributed by atoms with Gasteiger partial charge in [-0.15, -0.1) is 24.8 Å². The minimum atomic E-state index is 0. The van der Waals surface area contributed by atoms with E-state index in [2.05, 4.69) is 70.5 Å². The van der Waals surface area contributed by atoms with E-state index >= 15 is 0 Å². The van der Waals surface area contributed by atoms with E-state index in [4.69, 9.17) is 0 Å². The lowest BCUT2D eigenvalue weighted by atomic mass is 9.78. The first-order valence-electron chi connectivity index (χ1n) is 9.94. The molecule has 2 aliphatic rings. The summed E-state index contributed by atoms with van der Waals surface area (Å²) in [4.78, 5) is 5.45. The van der Waals surface area contributed by atoms with Crippen LogP contribution in [-0.2, 0) is 12.1 Å². The number of nitrogens with zero attached hydrogens (tertiary/aromatic N) is 2. The molecule has 148 valence electrons. The zero-order chi connectivity index (χ0) is 17.0. The average Bonchev–Trinajstić information content (AvgIpc) is 2.71. The van der Waals surface area contributed by atoms with Crippen LogP contribution in [0.25, 0.3) is 0 Å². The van der Waals surface area contributed by atoms with Crippen molar-refractivity contribution in [2.45, 2.75) is 44.2 Å². The largest absolute Gasteiger partial charge is 0.299 e. The fraction of sp³-hybridized carbons (Fsp3) is 0.478. The van der Waals surface area contributed by atoms with Gasteiger partial charge in [0.25, 0.3) is 0 Å². The maximum atomic E-state index is 2.81. The van der Waals surface area contributed by atoms with Crippen LogP contribution in [0.2, 0.25) is 0 Å². The molecule has 2 fully saturated rings. The summed E-state index contributed by atoms with van der Waals surface area (Å²) in [6.45, 7) is 6.02. The van der Waals surface area contributed by atoms with Gasteiger partial charge in [-0.25, -0.2) is 0 Å². The van der Waals surface area contributed by atoms with Gasteiger partial charge in [0.15, 0.2) is 0 Å². The van der Waals surface area contributed by atoms with Gasteiger partial charge in [-0.05, 0) is 49.9 Å². The topological polar surface area (TPSA) is 6.48 Å². The molecule has 0 saturated carbocycles. The van der Waals surface area contributed by atoms with Gasteiger partial charge in [-0.1, -0.05) is 67.1 Å². The molecule has 0 bridgehead atoms. The van der Waals surface area contributed by atoms with Gasteiger partial charge in [-0.3, -0.25) is 9.80 Å². The fourth-order valence-corrected chi connectivity index (χ4v) is 4.78. The molecule has 0 aromatic heterocycles. The molecule has 0 unspecified atom stereocenters. The molecular weight excluding hydrogens is 375 g/mol. The van der Waals surface area contributed by atoms with Crippen molar-refractivity contribution in [2.75, 3.05) is 26.2 Å². The molecule has 0 atom stereocenters. The number of piperidine rings is 2. The second-order valence-electron chi connectivity index (χ2n) is 7.71. The highest BCUT2D eigenvalue weighted by atomic mass is 35.5. The minimum Gasteiger partial charge on any atom is -0.299 e. The molecule has 2 heterocycles. The molecule has 0 aliphatic carbocycles. The van der Waals surface area contributed by atoms with E-state index in [1.807, 2.05) is 0 Å². The first-order chi connectivity index (χ1) is 12.4. The Balaban J connectivity index is 0.00000131. The molecule has 2 aliphatic heterocycles. The summed E-state index contributed by atoms with van der Waals surface area (Å²) in [5.74, 6) is 0. The molecule has 2 aromatic rings. The molecule has 2 saturated heterocycles. The third-order valence-corrected chi connectivity index (χ3v) is 6.20. The van der Waals surface area contributed by atoms with Gasteiger partial charge >= 0.3 is 0 Å². The predicted molar refractivity (Wildman–Crippen MR) is 119 cm³/mol. The minimum absolute atomic E-state index is 0. The van der Waals surface area contributed by atoms with Crippen LogP contribution in [0.5, 0.6) is 0 Å². The number of halogens is 2. The molecule has 0 amide bonds. The summed E-state index contributed by atoms with van der Waals surface area (Å²) in [5.41, 5.74) is 3.23. The maximum Gasteiger partial charge on any atom is 0.0484 e. The molecule has 2 nitrogen and oxygen atoms in total. The highest BCUT2D eigenvalue weighted by Crippen LogP contribution is 2.40. The summed E-state index contributed by atoms with van der Waals surface area (Å²) in [7, 11) is 0. The summed E-state index contributed by atoms with van der Waals surface area (Å²) in [6, 6.07) is 22.2. The number of likely N-dealkylation sites (tertiary alicyclic amines) is 2. The zero-order valence-electron chi connectivity index (χ0n) is 16.1. The Hall–Kier alpha value is -1.06. The summed E-state index contributed by atoms with van der Waals surface area (Å²) in [6.07, 6.45) is 6.64. The third kappa shape index (κ3) is 5.06. The van der Waals surface area contributed by atoms with Gasteiger partial charge in [0.1, 0.15) is 0 Å². The summed E-state index contributed by atoms with van der Waals surface area (Å²) >= 11 is 0. The van der Waals surface area contributed by atoms with Crippen LogP contribution >= 0.6 is 24.8 Å². The normalized spacial score (nSPS) is 20.3. The van der Waals surface area contributed by atoms with Crippen LogP contribution < -0.4 is 0 Å². The van der Waals surface area contributed by atoms with E-state index < -0.39 is 0 Å². The first kappa shape index (κ1) is 22.2. The lowest BCUT2D eigenvalue weighted by molar-refractivity contribution is 0.00270. The van der Waals surface area contributed by atoms with Crippen molar-refractivity contribution in [1.29, 1.82) is 0 Å². The van der Waals surface area contributed by atoms with Crippen LogP contribution in [0, 0.1) is 0 Å². The quantitative estimate of drug-likeness (QED) is 0.660. The molecule has 0 radical (unpaired) electrons. The van der Waals surface area contributed by atoms with Crippen molar-refractivity contribution in [3.05, 3.63) is 71.8 Å². The summed E-state index contributed by atoms with van der Waals surface area (Å²) in [5, 5.41) is 0. The van der Waals surface area contributed by atoms with E-state index in [1.54, 1.807) is 0 Å². The SMILES string of the molecule is Cl.Cl.c1ccc(CN2CCC(c3ccccc3)(N3CCCCC3)CC2)cc1. The van der Waals surface area contributed by atoms with Gasteiger partial charge in [-0.2, -0.15) is 0 Å². The van der Waals surface area contributed by atoms with Crippen LogP contribution in [0.3, 0.4) is 0 Å². The Bertz CT molecular complexity index is 649. The van der Waals surface area contributed by atoms with Gasteiger partial charge in [0, 0.05) is 25.2 Å². The lowest BCUT2D eigenvalue weighted by Crippen LogP contribution is -2.54. The maximum absolute atomic E-state index is 2.81.